The van der Waals surface area contributed by atoms with Crippen molar-refractivity contribution in [3.05, 3.63) is 65.7 Å². The van der Waals surface area contributed by atoms with E-state index in [9.17, 15) is 0 Å². The van der Waals surface area contributed by atoms with Gasteiger partial charge in [-0.25, -0.2) is 0 Å². The Morgan fingerprint density at radius 3 is 1.82 bits per heavy atom. The van der Waals surface area contributed by atoms with Gasteiger partial charge in [-0.2, -0.15) is 0 Å². The van der Waals surface area contributed by atoms with Crippen LogP contribution in [0.15, 0.2) is 54.6 Å². The Morgan fingerprint density at radius 2 is 1.24 bits per heavy atom. The summed E-state index contributed by atoms with van der Waals surface area (Å²) in [5, 5.41) is 0. The summed E-state index contributed by atoms with van der Waals surface area (Å²) >= 11 is 0. The SMILES string of the molecule is Nc1ccc(CNNCc2ccccc2)cc1. The third kappa shape index (κ3) is 3.90. The van der Waals surface area contributed by atoms with Crippen LogP contribution >= 0.6 is 0 Å². The molecule has 88 valence electrons. The van der Waals surface area contributed by atoms with Crippen LogP contribution in [0.1, 0.15) is 11.1 Å². The molecule has 0 heterocycles. The summed E-state index contributed by atoms with van der Waals surface area (Å²) < 4.78 is 0. The average Bonchev–Trinajstić information content (AvgIpc) is 2.38. The molecule has 0 atom stereocenters. The Hall–Kier alpha value is -1.84. The Bertz CT molecular complexity index is 437. The molecule has 0 bridgehead atoms. The van der Waals surface area contributed by atoms with Crippen LogP contribution in [0.4, 0.5) is 5.69 Å². The van der Waals surface area contributed by atoms with Gasteiger partial charge in [0.2, 0.25) is 0 Å². The number of nitrogen functional groups attached to an aromatic ring is 1. The summed E-state index contributed by atoms with van der Waals surface area (Å²) in [5.41, 5.74) is 15.3. The lowest BCUT2D eigenvalue weighted by atomic mass is 10.2. The molecule has 0 fully saturated rings. The number of hydrazine groups is 1. The molecule has 3 heteroatoms. The largest absolute Gasteiger partial charge is 0.399 e. The summed E-state index contributed by atoms with van der Waals surface area (Å²) in [7, 11) is 0. The second-order valence-electron chi connectivity index (χ2n) is 3.93. The Kier molecular flexibility index (Phi) is 4.13. The maximum Gasteiger partial charge on any atom is 0.0351 e. The molecule has 3 nitrogen and oxygen atoms in total. The van der Waals surface area contributed by atoms with Crippen LogP contribution in [-0.2, 0) is 13.1 Å². The highest BCUT2D eigenvalue weighted by Gasteiger charge is 1.92. The first-order valence-electron chi connectivity index (χ1n) is 5.68. The number of nitrogens with two attached hydrogens (primary N) is 1. The van der Waals surface area contributed by atoms with Crippen molar-refractivity contribution in [1.82, 2.24) is 10.9 Å². The fourth-order valence-electron chi connectivity index (χ4n) is 1.56. The van der Waals surface area contributed by atoms with Gasteiger partial charge in [0, 0.05) is 18.8 Å². The van der Waals surface area contributed by atoms with Crippen molar-refractivity contribution in [3.63, 3.8) is 0 Å². The quantitative estimate of drug-likeness (QED) is 0.416. The van der Waals surface area contributed by atoms with Gasteiger partial charge in [0.15, 0.2) is 0 Å². The van der Waals surface area contributed by atoms with Gasteiger partial charge < -0.3 is 5.73 Å². The smallest absolute Gasteiger partial charge is 0.0351 e. The van der Waals surface area contributed by atoms with E-state index in [0.29, 0.717) is 0 Å². The molecule has 2 aromatic carbocycles. The monoisotopic (exact) mass is 227 g/mol. The molecule has 0 aliphatic heterocycles. The van der Waals surface area contributed by atoms with Crippen molar-refractivity contribution >= 4 is 5.69 Å². The first-order valence-corrected chi connectivity index (χ1v) is 5.68. The second-order valence-corrected chi connectivity index (χ2v) is 3.93. The molecule has 0 saturated carbocycles. The predicted octanol–water partition coefficient (Wildman–Crippen LogP) is 2.06. The Labute approximate surface area is 102 Å². The number of hydrogen-bond donors (Lipinski definition) is 3. The third-order valence-electron chi connectivity index (χ3n) is 2.53. The molecule has 4 N–H and O–H groups in total. The standard InChI is InChI=1S/C14H17N3/c15-14-8-6-13(7-9-14)11-17-16-10-12-4-2-1-3-5-12/h1-9,16-17H,10-11,15H2. The lowest BCUT2D eigenvalue weighted by molar-refractivity contribution is 0.530. The van der Waals surface area contributed by atoms with Crippen LogP contribution in [0.2, 0.25) is 0 Å². The number of rotatable bonds is 5. The van der Waals surface area contributed by atoms with Crippen LogP contribution in [0.5, 0.6) is 0 Å². The van der Waals surface area contributed by atoms with E-state index in [-0.39, 0.29) is 0 Å². The van der Waals surface area contributed by atoms with E-state index < -0.39 is 0 Å². The second kappa shape index (κ2) is 6.03. The van der Waals surface area contributed by atoms with E-state index in [0.717, 1.165) is 18.8 Å². The fourth-order valence-corrected chi connectivity index (χ4v) is 1.56. The van der Waals surface area contributed by atoms with Crippen molar-refractivity contribution in [2.45, 2.75) is 13.1 Å². The number of hydrogen-bond acceptors (Lipinski definition) is 3. The van der Waals surface area contributed by atoms with E-state index in [4.69, 9.17) is 5.73 Å². The fraction of sp³-hybridized carbons (Fsp3) is 0.143. The molecule has 0 aliphatic carbocycles. The van der Waals surface area contributed by atoms with E-state index in [2.05, 4.69) is 23.0 Å². The molecule has 2 rings (SSSR count). The summed E-state index contributed by atoms with van der Waals surface area (Å²) in [4.78, 5) is 0. The molecule has 0 spiro atoms. The highest BCUT2D eigenvalue weighted by Crippen LogP contribution is 2.04. The van der Waals surface area contributed by atoms with E-state index in [1.165, 1.54) is 11.1 Å². The Morgan fingerprint density at radius 1 is 0.706 bits per heavy atom. The topological polar surface area (TPSA) is 50.1 Å². The zero-order valence-corrected chi connectivity index (χ0v) is 9.69. The van der Waals surface area contributed by atoms with Gasteiger partial charge in [-0.1, -0.05) is 42.5 Å². The summed E-state index contributed by atoms with van der Waals surface area (Å²) in [6.07, 6.45) is 0. The minimum absolute atomic E-state index is 0.785. The molecule has 0 amide bonds. The first kappa shape index (κ1) is 11.6. The predicted molar refractivity (Wildman–Crippen MR) is 71.0 cm³/mol. The van der Waals surface area contributed by atoms with Crippen molar-refractivity contribution in [2.75, 3.05) is 5.73 Å². The molecule has 0 aromatic heterocycles. The number of anilines is 1. The van der Waals surface area contributed by atoms with Gasteiger partial charge in [0.05, 0.1) is 0 Å². The van der Waals surface area contributed by atoms with Gasteiger partial charge in [-0.3, -0.25) is 10.9 Å². The molecule has 0 aliphatic rings. The van der Waals surface area contributed by atoms with E-state index in [1.807, 2.05) is 42.5 Å². The molecule has 17 heavy (non-hydrogen) atoms. The van der Waals surface area contributed by atoms with Crippen molar-refractivity contribution in [3.8, 4) is 0 Å². The molecular weight excluding hydrogens is 210 g/mol. The lowest BCUT2D eigenvalue weighted by Crippen LogP contribution is -2.30. The van der Waals surface area contributed by atoms with Crippen LogP contribution in [-0.4, -0.2) is 0 Å². The highest BCUT2D eigenvalue weighted by molar-refractivity contribution is 5.39. The minimum atomic E-state index is 0.785. The van der Waals surface area contributed by atoms with Crippen molar-refractivity contribution < 1.29 is 0 Å². The summed E-state index contributed by atoms with van der Waals surface area (Å²) in [6, 6.07) is 18.1. The van der Waals surface area contributed by atoms with Crippen molar-refractivity contribution in [1.29, 1.82) is 0 Å². The van der Waals surface area contributed by atoms with Gasteiger partial charge >= 0.3 is 0 Å². The molecule has 2 aromatic rings. The van der Waals surface area contributed by atoms with E-state index in [1.54, 1.807) is 0 Å². The maximum atomic E-state index is 5.62. The van der Waals surface area contributed by atoms with Crippen LogP contribution in [0.25, 0.3) is 0 Å². The van der Waals surface area contributed by atoms with Gasteiger partial charge in [-0.15, -0.1) is 0 Å². The van der Waals surface area contributed by atoms with E-state index >= 15 is 0 Å². The maximum absolute atomic E-state index is 5.62. The number of benzene rings is 2. The molecule has 0 unspecified atom stereocenters. The lowest BCUT2D eigenvalue weighted by Gasteiger charge is -2.07. The van der Waals surface area contributed by atoms with Crippen molar-refractivity contribution in [2.24, 2.45) is 0 Å². The molecular formula is C14H17N3. The van der Waals surface area contributed by atoms with Crippen LogP contribution in [0, 0.1) is 0 Å². The van der Waals surface area contributed by atoms with Crippen LogP contribution in [0.3, 0.4) is 0 Å². The molecule has 0 saturated heterocycles. The normalized spacial score (nSPS) is 10.4. The van der Waals surface area contributed by atoms with Crippen LogP contribution < -0.4 is 16.6 Å². The zero-order chi connectivity index (χ0) is 11.9. The van der Waals surface area contributed by atoms with Gasteiger partial charge in [0.25, 0.3) is 0 Å². The number of nitrogens with one attached hydrogen (secondary N) is 2. The van der Waals surface area contributed by atoms with Gasteiger partial charge in [0.1, 0.15) is 0 Å². The summed E-state index contributed by atoms with van der Waals surface area (Å²) in [5.74, 6) is 0. The average molecular weight is 227 g/mol. The Balaban J connectivity index is 1.71. The summed E-state index contributed by atoms with van der Waals surface area (Å²) in [6.45, 7) is 1.60. The third-order valence-corrected chi connectivity index (χ3v) is 2.53. The van der Waals surface area contributed by atoms with Gasteiger partial charge in [-0.05, 0) is 23.3 Å². The molecule has 0 radical (unpaired) electrons. The first-order chi connectivity index (χ1) is 8.34. The minimum Gasteiger partial charge on any atom is -0.399 e. The highest BCUT2D eigenvalue weighted by atomic mass is 15.3. The zero-order valence-electron chi connectivity index (χ0n) is 9.69.